The monoisotopic (exact) mass is 1040 g/mol. The van der Waals surface area contributed by atoms with Crippen molar-refractivity contribution in [3.05, 3.63) is 230 Å². The maximum Gasteiger partial charge on any atom is 0.119 e. The molecule has 0 saturated carbocycles. The van der Waals surface area contributed by atoms with Crippen molar-refractivity contribution in [2.75, 3.05) is 23.0 Å². The van der Waals surface area contributed by atoms with Crippen LogP contribution in [0.15, 0.2) is 218 Å². The van der Waals surface area contributed by atoms with E-state index in [0.29, 0.717) is 13.2 Å². The Kier molecular flexibility index (Phi) is 12.7. The lowest BCUT2D eigenvalue weighted by molar-refractivity contribution is 0.317. The van der Waals surface area contributed by atoms with Gasteiger partial charge in [-0.2, -0.15) is 0 Å². The molecule has 0 spiro atoms. The van der Waals surface area contributed by atoms with E-state index in [1.54, 1.807) is 0 Å². The van der Waals surface area contributed by atoms with Crippen molar-refractivity contribution < 1.29 is 9.47 Å². The molecule has 0 fully saturated rings. The van der Waals surface area contributed by atoms with Crippen molar-refractivity contribution in [3.8, 4) is 33.8 Å². The topological polar surface area (TPSA) is 24.9 Å². The van der Waals surface area contributed by atoms with Gasteiger partial charge in [0.1, 0.15) is 11.5 Å². The summed E-state index contributed by atoms with van der Waals surface area (Å²) in [5.41, 5.74) is 14.2. The molecule has 13 rings (SSSR count). The number of nitrogens with zero attached hydrogens (tertiary/aromatic N) is 2. The van der Waals surface area contributed by atoms with Crippen LogP contribution in [0.5, 0.6) is 11.5 Å². The van der Waals surface area contributed by atoms with Crippen LogP contribution < -0.4 is 19.3 Å². The molecule has 0 amide bonds. The summed E-state index contributed by atoms with van der Waals surface area (Å²) in [4.78, 5) is 4.87. The predicted octanol–water partition coefficient (Wildman–Crippen LogP) is 21.9. The summed E-state index contributed by atoms with van der Waals surface area (Å²) in [6, 6.07) is 81.5. The summed E-state index contributed by atoms with van der Waals surface area (Å²) >= 11 is 0. The first-order chi connectivity index (χ1) is 38.9. The lowest BCUT2D eigenvalue weighted by Gasteiger charge is -2.28. The average Bonchev–Trinajstić information content (AvgIpc) is 4.23. The Morgan fingerprint density at radius 3 is 0.938 bits per heavy atom. The summed E-state index contributed by atoms with van der Waals surface area (Å²) in [5, 5.41) is 15.1. The van der Waals surface area contributed by atoms with Gasteiger partial charge in [-0.25, -0.2) is 0 Å². The summed E-state index contributed by atoms with van der Waals surface area (Å²) in [6.07, 6.45) is 1.91. The molecule has 0 unspecified atom stereocenters. The fourth-order valence-corrected chi connectivity index (χ4v) is 12.5. The second kappa shape index (κ2) is 20.1. The highest BCUT2D eigenvalue weighted by molar-refractivity contribution is 6.47. The van der Waals surface area contributed by atoms with Crippen molar-refractivity contribution in [1.82, 2.24) is 0 Å². The van der Waals surface area contributed by atoms with Gasteiger partial charge in [0.15, 0.2) is 0 Å². The Morgan fingerprint density at radius 1 is 0.300 bits per heavy atom. The smallest absolute Gasteiger partial charge is 0.119 e. The second-order valence-corrected chi connectivity index (χ2v) is 23.7. The number of hydrogen-bond donors (Lipinski definition) is 0. The maximum atomic E-state index is 6.12. The molecule has 0 atom stereocenters. The molecule has 0 aliphatic heterocycles. The van der Waals surface area contributed by atoms with Crippen LogP contribution in [0.1, 0.15) is 79.4 Å². The van der Waals surface area contributed by atoms with Crippen molar-refractivity contribution in [2.24, 2.45) is 0 Å². The fourth-order valence-electron chi connectivity index (χ4n) is 12.5. The van der Waals surface area contributed by atoms with Crippen molar-refractivity contribution in [2.45, 2.75) is 79.1 Å². The van der Waals surface area contributed by atoms with Gasteiger partial charge in [-0.1, -0.05) is 189 Å². The highest BCUT2D eigenvalue weighted by atomic mass is 16.5. The molecule has 4 nitrogen and oxygen atoms in total. The molecule has 394 valence electrons. The molecule has 0 saturated heterocycles. The average molecular weight is 1040 g/mol. The van der Waals surface area contributed by atoms with E-state index in [4.69, 9.17) is 9.47 Å². The van der Waals surface area contributed by atoms with E-state index in [1.807, 2.05) is 0 Å². The molecule has 13 aromatic rings. The molecular weight excluding hydrogens is 973 g/mol. The van der Waals surface area contributed by atoms with E-state index in [-0.39, 0.29) is 10.8 Å². The zero-order valence-corrected chi connectivity index (χ0v) is 47.3. The number of anilines is 6. The van der Waals surface area contributed by atoms with E-state index in [0.717, 1.165) is 58.5 Å². The van der Waals surface area contributed by atoms with Crippen LogP contribution >= 0.6 is 0 Å². The molecule has 0 aliphatic rings. The number of fused-ring (bicyclic) bond motifs is 6. The Hall–Kier alpha value is -8.86. The lowest BCUT2D eigenvalue weighted by Crippen LogP contribution is -2.13. The van der Waals surface area contributed by atoms with Gasteiger partial charge in [-0.15, -0.1) is 0 Å². The quantitative estimate of drug-likeness (QED) is 0.108. The van der Waals surface area contributed by atoms with Gasteiger partial charge >= 0.3 is 0 Å². The minimum Gasteiger partial charge on any atom is -0.494 e. The van der Waals surface area contributed by atoms with E-state index < -0.39 is 0 Å². The number of benzene rings is 11. The first-order valence-corrected chi connectivity index (χ1v) is 28.7. The Labute approximate surface area is 471 Å². The van der Waals surface area contributed by atoms with Crippen LogP contribution in [0.2, 0.25) is 0 Å². The third kappa shape index (κ3) is 8.61. The summed E-state index contributed by atoms with van der Waals surface area (Å²) in [6.45, 7) is 19.3. The van der Waals surface area contributed by atoms with E-state index in [9.17, 15) is 0 Å². The first-order valence-electron chi connectivity index (χ1n) is 28.7. The minimum atomic E-state index is 0.0206. The molecule has 0 radical (unpaired) electrons. The van der Waals surface area contributed by atoms with E-state index in [2.05, 4.69) is 284 Å². The second-order valence-electron chi connectivity index (χ2n) is 23.7. The fraction of sp³-hybridized carbons (Fsp3) is 0.184. The Bertz CT molecular complexity index is 4000. The molecular formula is C76H68N2O2. The zero-order chi connectivity index (χ0) is 54.9. The summed E-state index contributed by atoms with van der Waals surface area (Å²) < 4.78 is 12.2. The van der Waals surface area contributed by atoms with Crippen molar-refractivity contribution in [3.63, 3.8) is 0 Å². The van der Waals surface area contributed by atoms with Crippen LogP contribution in [0.3, 0.4) is 0 Å². The summed E-state index contributed by atoms with van der Waals surface area (Å²) in [5.74, 6) is 1.76. The van der Waals surface area contributed by atoms with Crippen molar-refractivity contribution >= 4 is 98.8 Å². The van der Waals surface area contributed by atoms with Crippen LogP contribution in [0.4, 0.5) is 34.1 Å². The normalized spacial score (nSPS) is 12.2. The minimum absolute atomic E-state index is 0.0206. The van der Waals surface area contributed by atoms with Crippen LogP contribution in [-0.2, 0) is 10.8 Å². The third-order valence-electron chi connectivity index (χ3n) is 16.3. The number of ether oxygens (including phenoxy) is 2. The van der Waals surface area contributed by atoms with Gasteiger partial charge in [0.25, 0.3) is 0 Å². The lowest BCUT2D eigenvalue weighted by atomic mass is 9.87. The van der Waals surface area contributed by atoms with E-state index >= 15 is 0 Å². The zero-order valence-electron chi connectivity index (χ0n) is 47.3. The van der Waals surface area contributed by atoms with Crippen LogP contribution in [0, 0.1) is 0 Å². The van der Waals surface area contributed by atoms with Crippen molar-refractivity contribution in [1.29, 1.82) is 0 Å². The Morgan fingerprint density at radius 2 is 0.613 bits per heavy atom. The van der Waals surface area contributed by atoms with E-state index in [1.165, 1.54) is 98.0 Å². The molecule has 0 aromatic heterocycles. The molecule has 0 aliphatic carbocycles. The van der Waals surface area contributed by atoms with Gasteiger partial charge in [0.05, 0.1) is 24.6 Å². The SMILES string of the molecule is CCCOc1ccc(N(c2ccc(C(C)(C)C)cc2)c2ccc3c4c(-c5ccccc5)c5c6ccc(N(c7ccc(OCCC)cc7)c7ccc(C(C)(C)C)cc7)c7cccc(c5c(-c5ccccc5)c4c4cccc2c43)c76)cc1. The molecule has 0 bridgehead atoms. The largest absolute Gasteiger partial charge is 0.494 e. The maximum absolute atomic E-state index is 6.12. The molecule has 0 N–H and O–H groups in total. The standard InChI is InChI=1S/C76H68N2O2/c1-9-47-79-57-39-35-55(36-40-57)77(53-31-27-51(28-32-53)75(3,4)5)65-45-43-63-69-59(65)23-17-25-61(69)71-67(49-19-13-11-14-20-49)72-62-26-18-24-60-66(46-44-64(70(60)62)74(72)68(73(63)71)50-21-15-12-16-22-50)78(54-33-29-52(30-34-54)76(6,7)8)56-37-41-58(42-38-56)80-48-10-2/h11-46H,9-10,47-48H2,1-8H3. The van der Waals surface area contributed by atoms with Gasteiger partial charge < -0.3 is 19.3 Å². The highest BCUT2D eigenvalue weighted by Gasteiger charge is 2.30. The number of rotatable bonds is 14. The van der Waals surface area contributed by atoms with Crippen LogP contribution in [-0.4, -0.2) is 13.2 Å². The van der Waals surface area contributed by atoms with Gasteiger partial charge in [0.2, 0.25) is 0 Å². The number of hydrogen-bond acceptors (Lipinski definition) is 4. The van der Waals surface area contributed by atoms with Crippen LogP contribution in [0.25, 0.3) is 86.9 Å². The molecule has 13 aromatic carbocycles. The van der Waals surface area contributed by atoms with Gasteiger partial charge in [-0.05, 0) is 196 Å². The molecule has 4 heteroatoms. The molecule has 0 heterocycles. The summed E-state index contributed by atoms with van der Waals surface area (Å²) in [7, 11) is 0. The Balaban J connectivity index is 1.12. The highest BCUT2D eigenvalue weighted by Crippen LogP contribution is 2.58. The first kappa shape index (κ1) is 50.6. The molecule has 80 heavy (non-hydrogen) atoms. The predicted molar refractivity (Wildman–Crippen MR) is 343 cm³/mol. The van der Waals surface area contributed by atoms with Gasteiger partial charge in [0, 0.05) is 33.5 Å². The third-order valence-corrected chi connectivity index (χ3v) is 16.3. The van der Waals surface area contributed by atoms with Gasteiger partial charge in [-0.3, -0.25) is 0 Å².